The Kier molecular flexibility index (Phi) is 8.02. The normalized spacial score (nSPS) is 16.2. The molecule has 1 unspecified atom stereocenters. The molecule has 0 aliphatic carbocycles. The van der Waals surface area contributed by atoms with E-state index in [2.05, 4.69) is 0 Å². The Balaban J connectivity index is 1.48. The molecule has 1 aliphatic rings. The van der Waals surface area contributed by atoms with E-state index < -0.39 is 15.9 Å². The largest absolute Gasteiger partial charge is 0.493 e. The first-order valence-electron chi connectivity index (χ1n) is 13.0. The number of carbonyl (C=O) groups is 1. The van der Waals surface area contributed by atoms with E-state index in [0.717, 1.165) is 28.1 Å². The van der Waals surface area contributed by atoms with Gasteiger partial charge in [-0.05, 0) is 42.3 Å². The number of benzene rings is 3. The second-order valence-electron chi connectivity index (χ2n) is 9.62. The van der Waals surface area contributed by atoms with Crippen LogP contribution in [-0.4, -0.2) is 60.8 Å². The average Bonchev–Trinajstić information content (AvgIpc) is 3.58. The second kappa shape index (κ2) is 11.8. The highest BCUT2D eigenvalue weighted by Gasteiger charge is 2.34. The minimum atomic E-state index is -3.20. The van der Waals surface area contributed by atoms with Gasteiger partial charge in [-0.25, -0.2) is 13.1 Å². The van der Waals surface area contributed by atoms with Crippen LogP contribution in [-0.2, 0) is 21.2 Å². The topological polar surface area (TPSA) is 90.7 Å². The van der Waals surface area contributed by atoms with Crippen LogP contribution in [0.25, 0.3) is 23.0 Å². The van der Waals surface area contributed by atoms with Crippen molar-refractivity contribution in [2.24, 2.45) is 0 Å². The van der Waals surface area contributed by atoms with Crippen LogP contribution in [0.4, 0.5) is 0 Å². The van der Waals surface area contributed by atoms with E-state index in [1.54, 1.807) is 35.9 Å². The summed E-state index contributed by atoms with van der Waals surface area (Å²) >= 11 is 0. The number of hydrogen-bond acceptors (Lipinski definition) is 6. The van der Waals surface area contributed by atoms with Gasteiger partial charge in [0.1, 0.15) is 0 Å². The van der Waals surface area contributed by atoms with E-state index >= 15 is 0 Å². The maximum atomic E-state index is 13.7. The Hall–Kier alpha value is -4.37. The fourth-order valence-electron chi connectivity index (χ4n) is 4.88. The van der Waals surface area contributed by atoms with Gasteiger partial charge in [-0.15, -0.1) is 0 Å². The molecule has 3 aromatic carbocycles. The summed E-state index contributed by atoms with van der Waals surface area (Å²) in [7, 11) is -0.0899. The molecule has 40 heavy (non-hydrogen) atoms. The standard InChI is InChI=1S/C31H31N3O5S/c1-38-28-15-13-23(19-29(28)39-2)20-33(27-17-18-40(36,37)22-27)30(35)16-14-25-21-34(26-11-7-4-8-12-26)32-31(25)24-9-5-3-6-10-24/h3-16,19,21,27H,17-18,20,22H2,1-2H3/b16-14+. The molecule has 1 aliphatic heterocycles. The molecule has 9 heteroatoms. The van der Waals surface area contributed by atoms with E-state index in [-0.39, 0.29) is 24.0 Å². The van der Waals surface area contributed by atoms with Crippen molar-refractivity contribution in [2.45, 2.75) is 19.0 Å². The maximum absolute atomic E-state index is 13.7. The first-order chi connectivity index (χ1) is 19.4. The molecule has 0 radical (unpaired) electrons. The van der Waals surface area contributed by atoms with Crippen molar-refractivity contribution in [1.82, 2.24) is 14.7 Å². The van der Waals surface area contributed by atoms with E-state index in [1.165, 1.54) is 6.08 Å². The van der Waals surface area contributed by atoms with Crippen molar-refractivity contribution in [3.05, 3.63) is 102 Å². The van der Waals surface area contributed by atoms with Crippen LogP contribution < -0.4 is 9.47 Å². The lowest BCUT2D eigenvalue weighted by molar-refractivity contribution is -0.128. The van der Waals surface area contributed by atoms with Gasteiger partial charge in [0.15, 0.2) is 21.3 Å². The van der Waals surface area contributed by atoms with Gasteiger partial charge < -0.3 is 14.4 Å². The lowest BCUT2D eigenvalue weighted by atomic mass is 10.1. The molecular weight excluding hydrogens is 526 g/mol. The van der Waals surface area contributed by atoms with Crippen LogP contribution in [0.1, 0.15) is 17.5 Å². The molecule has 206 valence electrons. The number of para-hydroxylation sites is 1. The molecule has 1 fully saturated rings. The first kappa shape index (κ1) is 27.2. The first-order valence-corrected chi connectivity index (χ1v) is 14.8. The zero-order valence-corrected chi connectivity index (χ0v) is 23.3. The number of nitrogens with zero attached hydrogens (tertiary/aromatic N) is 3. The molecule has 5 rings (SSSR count). The highest BCUT2D eigenvalue weighted by molar-refractivity contribution is 7.91. The Labute approximate surface area is 234 Å². The van der Waals surface area contributed by atoms with E-state index in [0.29, 0.717) is 17.9 Å². The summed E-state index contributed by atoms with van der Waals surface area (Å²) in [6, 6.07) is 24.6. The molecule has 0 N–H and O–H groups in total. The van der Waals surface area contributed by atoms with Gasteiger partial charge >= 0.3 is 0 Å². The highest BCUT2D eigenvalue weighted by Crippen LogP contribution is 2.30. The predicted octanol–water partition coefficient (Wildman–Crippen LogP) is 4.79. The molecule has 1 amide bonds. The Bertz CT molecular complexity index is 1620. The third kappa shape index (κ3) is 6.10. The highest BCUT2D eigenvalue weighted by atomic mass is 32.2. The monoisotopic (exact) mass is 557 g/mol. The van der Waals surface area contributed by atoms with E-state index in [9.17, 15) is 13.2 Å². The number of ether oxygens (including phenoxy) is 2. The fourth-order valence-corrected chi connectivity index (χ4v) is 6.61. The summed E-state index contributed by atoms with van der Waals surface area (Å²) in [4.78, 5) is 15.3. The average molecular weight is 558 g/mol. The van der Waals surface area contributed by atoms with Gasteiger partial charge in [0.2, 0.25) is 5.91 Å². The molecular formula is C31H31N3O5S. The zero-order valence-electron chi connectivity index (χ0n) is 22.4. The Morgan fingerprint density at radius 2 is 1.70 bits per heavy atom. The number of carbonyl (C=O) groups excluding carboxylic acids is 1. The molecule has 8 nitrogen and oxygen atoms in total. The Morgan fingerprint density at radius 3 is 2.35 bits per heavy atom. The van der Waals surface area contributed by atoms with E-state index in [4.69, 9.17) is 14.6 Å². The minimum Gasteiger partial charge on any atom is -0.493 e. The summed E-state index contributed by atoms with van der Waals surface area (Å²) in [5.41, 5.74) is 4.15. The van der Waals surface area contributed by atoms with Crippen molar-refractivity contribution in [2.75, 3.05) is 25.7 Å². The van der Waals surface area contributed by atoms with Crippen molar-refractivity contribution in [3.63, 3.8) is 0 Å². The van der Waals surface area contributed by atoms with Crippen molar-refractivity contribution in [3.8, 4) is 28.4 Å². The fraction of sp³-hybridized carbons (Fsp3) is 0.226. The molecule has 1 atom stereocenters. The summed E-state index contributed by atoms with van der Waals surface area (Å²) in [6.45, 7) is 0.235. The van der Waals surface area contributed by atoms with Gasteiger partial charge in [0, 0.05) is 36.0 Å². The lowest BCUT2D eigenvalue weighted by Crippen LogP contribution is -2.39. The second-order valence-corrected chi connectivity index (χ2v) is 11.9. The number of hydrogen-bond donors (Lipinski definition) is 0. The van der Waals surface area contributed by atoms with Crippen LogP contribution in [0.15, 0.2) is 91.1 Å². The third-order valence-corrected chi connectivity index (χ3v) is 8.70. The number of amides is 1. The quantitative estimate of drug-likeness (QED) is 0.275. The molecule has 0 saturated carbocycles. The molecule has 0 spiro atoms. The van der Waals surface area contributed by atoms with Gasteiger partial charge in [-0.3, -0.25) is 4.79 Å². The summed E-state index contributed by atoms with van der Waals surface area (Å²) in [6.07, 6.45) is 5.54. The van der Waals surface area contributed by atoms with Crippen LogP contribution in [0, 0.1) is 0 Å². The van der Waals surface area contributed by atoms with Crippen molar-refractivity contribution < 1.29 is 22.7 Å². The van der Waals surface area contributed by atoms with Crippen molar-refractivity contribution >= 4 is 21.8 Å². The molecule has 2 heterocycles. The molecule has 4 aromatic rings. The minimum absolute atomic E-state index is 0.0545. The molecule has 1 saturated heterocycles. The molecule has 0 bridgehead atoms. The number of sulfone groups is 1. The van der Waals surface area contributed by atoms with Gasteiger partial charge in [-0.2, -0.15) is 5.10 Å². The van der Waals surface area contributed by atoms with Crippen LogP contribution in [0.2, 0.25) is 0 Å². The summed E-state index contributed by atoms with van der Waals surface area (Å²) < 4.78 is 37.2. The van der Waals surface area contributed by atoms with Gasteiger partial charge in [0.25, 0.3) is 0 Å². The van der Waals surface area contributed by atoms with Gasteiger partial charge in [0.05, 0.1) is 37.1 Å². The van der Waals surface area contributed by atoms with Crippen LogP contribution in [0.5, 0.6) is 11.5 Å². The third-order valence-electron chi connectivity index (χ3n) is 6.95. The number of rotatable bonds is 9. The number of aromatic nitrogens is 2. The predicted molar refractivity (Wildman–Crippen MR) is 155 cm³/mol. The van der Waals surface area contributed by atoms with Gasteiger partial charge in [-0.1, -0.05) is 54.6 Å². The smallest absolute Gasteiger partial charge is 0.247 e. The zero-order chi connectivity index (χ0) is 28.1. The van der Waals surface area contributed by atoms with Crippen molar-refractivity contribution in [1.29, 1.82) is 0 Å². The Morgan fingerprint density at radius 1 is 1.00 bits per heavy atom. The number of methoxy groups -OCH3 is 2. The SMILES string of the molecule is COc1ccc(CN(C(=O)/C=C/c2cn(-c3ccccc3)nc2-c2ccccc2)C2CCS(=O)(=O)C2)cc1OC. The summed E-state index contributed by atoms with van der Waals surface area (Å²) in [5.74, 6) is 0.864. The van der Waals surface area contributed by atoms with E-state index in [1.807, 2.05) is 79.0 Å². The lowest BCUT2D eigenvalue weighted by Gasteiger charge is -2.27. The molecule has 1 aromatic heterocycles. The van der Waals surface area contributed by atoms with Crippen LogP contribution >= 0.6 is 0 Å². The van der Waals surface area contributed by atoms with Crippen LogP contribution in [0.3, 0.4) is 0 Å². The summed E-state index contributed by atoms with van der Waals surface area (Å²) in [5, 5.41) is 4.81. The maximum Gasteiger partial charge on any atom is 0.247 e.